The molecule has 1 saturated heterocycles. The molecule has 0 saturated carbocycles. The number of nitrogens with zero attached hydrogens (tertiary/aromatic N) is 4. The predicted molar refractivity (Wildman–Crippen MR) is 96.9 cm³/mol. The molecular weight excluding hydrogens is 342 g/mol. The Balaban J connectivity index is 1.75. The highest BCUT2D eigenvalue weighted by atomic mass is 32.2. The summed E-state index contributed by atoms with van der Waals surface area (Å²) in [4.78, 5) is 27.8. The number of carbonyl (C=O) groups excluding carboxylic acids is 2. The molecule has 0 spiro atoms. The van der Waals surface area contributed by atoms with Crippen LogP contribution in [0.5, 0.6) is 0 Å². The van der Waals surface area contributed by atoms with Crippen molar-refractivity contribution >= 4 is 28.7 Å². The number of aromatic nitrogens is 2. The van der Waals surface area contributed by atoms with E-state index in [2.05, 4.69) is 27.4 Å². The molecule has 2 heterocycles. The fraction of sp³-hybridized carbons (Fsp3) is 0.750. The van der Waals surface area contributed by atoms with Crippen LogP contribution >= 0.6 is 11.8 Å². The van der Waals surface area contributed by atoms with Crippen molar-refractivity contribution in [2.24, 2.45) is 5.41 Å². The molecule has 1 aliphatic rings. The molecule has 0 aromatic carbocycles. The number of amides is 1. The summed E-state index contributed by atoms with van der Waals surface area (Å²) in [6.07, 6.45) is 1.93. The van der Waals surface area contributed by atoms with E-state index in [0.717, 1.165) is 32.7 Å². The van der Waals surface area contributed by atoms with E-state index < -0.39 is 0 Å². The van der Waals surface area contributed by atoms with Crippen LogP contribution in [0.15, 0.2) is 10.7 Å². The molecule has 1 fully saturated rings. The normalized spacial score (nSPS) is 16.1. The van der Waals surface area contributed by atoms with Gasteiger partial charge in [-0.25, -0.2) is 0 Å². The monoisotopic (exact) mass is 370 g/mol. The molecule has 0 radical (unpaired) electrons. The zero-order valence-electron chi connectivity index (χ0n) is 15.4. The summed E-state index contributed by atoms with van der Waals surface area (Å²) in [5.41, 5.74) is -0.389. The summed E-state index contributed by atoms with van der Waals surface area (Å²) in [5, 5.41) is 8.80. The number of thioether (sulfide) groups is 1. The lowest BCUT2D eigenvalue weighted by atomic mass is 10.00. The van der Waals surface area contributed by atoms with Crippen LogP contribution in [0, 0.1) is 5.41 Å². The standard InChI is InChI=1S/C16H27N5O3S/c1-5-19-7-9-20(10-8-19)21-12-14(24-18-21)17-13(22)6-11-25-15(23)16(2,3)4/h12H,5-11H2,1-4H3/p+1. The third-order valence-electron chi connectivity index (χ3n) is 3.98. The Bertz CT molecular complexity index is 591. The molecule has 0 unspecified atom stereocenters. The van der Waals surface area contributed by atoms with Crippen molar-refractivity contribution in [3.8, 4) is 0 Å². The van der Waals surface area contributed by atoms with E-state index in [9.17, 15) is 9.59 Å². The van der Waals surface area contributed by atoms with Gasteiger partial charge in [-0.1, -0.05) is 39.5 Å². The van der Waals surface area contributed by atoms with Crippen molar-refractivity contribution in [2.75, 3.05) is 48.8 Å². The number of likely N-dealkylation sites (N-methyl/N-ethyl adjacent to an activating group) is 1. The Morgan fingerprint density at radius 3 is 2.60 bits per heavy atom. The molecule has 8 nitrogen and oxygen atoms in total. The summed E-state index contributed by atoms with van der Waals surface area (Å²) in [7, 11) is 0. The first-order chi connectivity index (χ1) is 11.8. The molecule has 1 aromatic heterocycles. The van der Waals surface area contributed by atoms with Crippen molar-refractivity contribution in [3.63, 3.8) is 0 Å². The number of carbonyl (C=O) groups is 2. The van der Waals surface area contributed by atoms with E-state index in [4.69, 9.17) is 4.52 Å². The van der Waals surface area contributed by atoms with Gasteiger partial charge >= 0.3 is 5.88 Å². The molecule has 1 N–H and O–H groups in total. The third kappa shape index (κ3) is 6.00. The number of rotatable bonds is 6. The minimum Gasteiger partial charge on any atom is -0.300 e. The zero-order valence-corrected chi connectivity index (χ0v) is 16.3. The van der Waals surface area contributed by atoms with Crippen LogP contribution in [0.3, 0.4) is 0 Å². The van der Waals surface area contributed by atoms with Crippen molar-refractivity contribution in [1.29, 1.82) is 0 Å². The van der Waals surface area contributed by atoms with Crippen molar-refractivity contribution in [3.05, 3.63) is 6.20 Å². The second-order valence-electron chi connectivity index (χ2n) is 7.06. The van der Waals surface area contributed by atoms with Crippen LogP contribution < -0.4 is 15.1 Å². The second kappa shape index (κ2) is 8.66. The number of piperazine rings is 1. The van der Waals surface area contributed by atoms with Gasteiger partial charge in [0.25, 0.3) is 6.20 Å². The van der Waals surface area contributed by atoms with Crippen molar-refractivity contribution in [2.45, 2.75) is 34.1 Å². The quantitative estimate of drug-likeness (QED) is 0.744. The summed E-state index contributed by atoms with van der Waals surface area (Å²) < 4.78 is 5.18. The number of hydrogen-bond acceptors (Lipinski definition) is 7. The first-order valence-corrected chi connectivity index (χ1v) is 9.61. The van der Waals surface area contributed by atoms with Crippen LogP contribution in [0.2, 0.25) is 0 Å². The van der Waals surface area contributed by atoms with Gasteiger partial charge in [0, 0.05) is 30.7 Å². The maximum absolute atomic E-state index is 12.0. The minimum atomic E-state index is -0.389. The summed E-state index contributed by atoms with van der Waals surface area (Å²) in [6, 6.07) is 0. The Morgan fingerprint density at radius 2 is 2.00 bits per heavy atom. The van der Waals surface area contributed by atoms with Crippen LogP contribution in [0.4, 0.5) is 5.88 Å². The van der Waals surface area contributed by atoms with Gasteiger partial charge in [-0.05, 0) is 6.54 Å². The highest BCUT2D eigenvalue weighted by Crippen LogP contribution is 2.23. The van der Waals surface area contributed by atoms with E-state index in [1.165, 1.54) is 11.8 Å². The van der Waals surface area contributed by atoms with E-state index in [0.29, 0.717) is 11.6 Å². The first-order valence-electron chi connectivity index (χ1n) is 8.63. The fourth-order valence-electron chi connectivity index (χ4n) is 2.34. The Kier molecular flexibility index (Phi) is 6.83. The van der Waals surface area contributed by atoms with Crippen molar-refractivity contribution in [1.82, 2.24) is 10.2 Å². The molecule has 2 rings (SSSR count). The highest BCUT2D eigenvalue weighted by molar-refractivity contribution is 8.13. The van der Waals surface area contributed by atoms with Crippen LogP contribution in [-0.4, -0.2) is 59.7 Å². The lowest BCUT2D eigenvalue weighted by molar-refractivity contribution is -0.759. The topological polar surface area (TPSA) is 82.6 Å². The van der Waals surface area contributed by atoms with Crippen LogP contribution in [-0.2, 0) is 9.59 Å². The van der Waals surface area contributed by atoms with Crippen LogP contribution in [0.25, 0.3) is 0 Å². The van der Waals surface area contributed by atoms with E-state index in [-0.39, 0.29) is 22.9 Å². The molecule has 1 amide bonds. The molecule has 0 atom stereocenters. The van der Waals surface area contributed by atoms with Gasteiger partial charge in [-0.15, -0.1) is 0 Å². The summed E-state index contributed by atoms with van der Waals surface area (Å²) in [5.74, 6) is 0.582. The lowest BCUT2D eigenvalue weighted by Crippen LogP contribution is -2.65. The largest absolute Gasteiger partial charge is 0.305 e. The van der Waals surface area contributed by atoms with E-state index in [1.54, 1.807) is 11.0 Å². The summed E-state index contributed by atoms with van der Waals surface area (Å²) >= 11 is 1.19. The number of anilines is 1. The lowest BCUT2D eigenvalue weighted by Gasteiger charge is -2.28. The van der Waals surface area contributed by atoms with Gasteiger partial charge < -0.3 is 0 Å². The van der Waals surface area contributed by atoms with Gasteiger partial charge in [0.1, 0.15) is 0 Å². The average molecular weight is 370 g/mol. The van der Waals surface area contributed by atoms with E-state index in [1.807, 2.05) is 20.8 Å². The van der Waals surface area contributed by atoms with E-state index >= 15 is 0 Å². The molecule has 140 valence electrons. The van der Waals surface area contributed by atoms with Crippen molar-refractivity contribution < 1.29 is 18.9 Å². The first kappa shape index (κ1) is 19.7. The molecule has 0 bridgehead atoms. The van der Waals surface area contributed by atoms with Gasteiger partial charge in [-0.2, -0.15) is 5.01 Å². The van der Waals surface area contributed by atoms with Gasteiger partial charge in [0.05, 0.1) is 17.9 Å². The SMILES string of the molecule is CCN1CCN([n+]2cc(NC(=O)CCSC(=O)C(C)(C)C)on2)CC1. The van der Waals surface area contributed by atoms with Gasteiger partial charge in [-0.3, -0.25) is 24.3 Å². The Morgan fingerprint density at radius 1 is 1.32 bits per heavy atom. The molecule has 25 heavy (non-hydrogen) atoms. The molecule has 1 aliphatic heterocycles. The fourth-order valence-corrected chi connectivity index (χ4v) is 3.24. The molecular formula is C16H28N5O3S+. The second-order valence-corrected chi connectivity index (χ2v) is 8.13. The maximum Gasteiger partial charge on any atom is 0.305 e. The van der Waals surface area contributed by atoms with Crippen LogP contribution in [0.1, 0.15) is 34.1 Å². The maximum atomic E-state index is 12.0. The third-order valence-corrected chi connectivity index (χ3v) is 5.26. The average Bonchev–Trinajstić information content (AvgIpc) is 3.02. The summed E-state index contributed by atoms with van der Waals surface area (Å²) in [6.45, 7) is 12.5. The number of nitrogens with one attached hydrogen (secondary N) is 1. The van der Waals surface area contributed by atoms with Gasteiger partial charge in [0.2, 0.25) is 11.2 Å². The molecule has 1 aromatic rings. The Hall–Kier alpha value is -1.61. The highest BCUT2D eigenvalue weighted by Gasteiger charge is 2.26. The molecule has 9 heteroatoms. The smallest absolute Gasteiger partial charge is 0.300 e. The predicted octanol–water partition coefficient (Wildman–Crippen LogP) is 0.870. The Labute approximate surface area is 152 Å². The zero-order chi connectivity index (χ0) is 18.4. The number of hydrogen-bond donors (Lipinski definition) is 1. The molecule has 0 aliphatic carbocycles. The minimum absolute atomic E-state index is 0.0871. The van der Waals surface area contributed by atoms with Gasteiger partial charge in [0.15, 0.2) is 5.12 Å².